The number of halogens is 3. The first kappa shape index (κ1) is 23.2. The number of amides is 1. The van der Waals surface area contributed by atoms with Crippen LogP contribution in [-0.4, -0.2) is 27.8 Å². The molecule has 0 radical (unpaired) electrons. The average molecular weight is 485 g/mol. The van der Waals surface area contributed by atoms with Gasteiger partial charge in [-0.05, 0) is 42.8 Å². The zero-order chi connectivity index (χ0) is 24.4. The predicted molar refractivity (Wildman–Crippen MR) is 125 cm³/mol. The lowest BCUT2D eigenvalue weighted by molar-refractivity contribution is 0.102. The molecular formula is C24H19ClF2N4O3. The number of aromatic nitrogens is 3. The quantitative estimate of drug-likeness (QED) is 0.384. The van der Waals surface area contributed by atoms with E-state index in [0.29, 0.717) is 22.1 Å². The van der Waals surface area contributed by atoms with Gasteiger partial charge in [0.15, 0.2) is 5.82 Å². The second-order valence-corrected chi connectivity index (χ2v) is 7.79. The maximum atomic E-state index is 12.9. The molecule has 0 spiro atoms. The molecule has 0 saturated heterocycles. The lowest BCUT2D eigenvalue weighted by atomic mass is 10.1. The zero-order valence-electron chi connectivity index (χ0n) is 18.1. The summed E-state index contributed by atoms with van der Waals surface area (Å²) in [5.41, 5.74) is 1.46. The van der Waals surface area contributed by atoms with Gasteiger partial charge >= 0.3 is 5.69 Å². The summed E-state index contributed by atoms with van der Waals surface area (Å²) < 4.78 is 32.4. The average Bonchev–Trinajstić information content (AvgIpc) is 3.19. The Labute approximate surface area is 198 Å². The molecule has 0 aliphatic heterocycles. The van der Waals surface area contributed by atoms with Crippen molar-refractivity contribution in [2.75, 3.05) is 12.4 Å². The van der Waals surface area contributed by atoms with Gasteiger partial charge in [-0.2, -0.15) is 4.68 Å². The third-order valence-corrected chi connectivity index (χ3v) is 5.46. The Bertz CT molecular complexity index is 1410. The molecule has 34 heavy (non-hydrogen) atoms. The summed E-state index contributed by atoms with van der Waals surface area (Å²) in [7, 11) is 1.37. The minimum atomic E-state index is -2.66. The van der Waals surface area contributed by atoms with Crippen LogP contribution >= 0.6 is 11.6 Å². The molecule has 1 heterocycles. The fourth-order valence-corrected chi connectivity index (χ4v) is 3.81. The van der Waals surface area contributed by atoms with E-state index in [1.165, 1.54) is 49.6 Å². The Morgan fingerprint density at radius 1 is 1.15 bits per heavy atom. The molecule has 0 fully saturated rings. The van der Waals surface area contributed by atoms with Crippen LogP contribution in [0.2, 0.25) is 5.02 Å². The number of H-pyrrole nitrogens is 1. The van der Waals surface area contributed by atoms with Crippen molar-refractivity contribution < 1.29 is 18.3 Å². The smallest absolute Gasteiger partial charge is 0.348 e. The van der Waals surface area contributed by atoms with Crippen LogP contribution in [0.1, 0.15) is 27.9 Å². The first-order valence-corrected chi connectivity index (χ1v) is 10.5. The number of rotatable bonds is 6. The van der Waals surface area contributed by atoms with Gasteiger partial charge in [0.05, 0.1) is 23.4 Å². The number of carbonyl (C=O) groups is 1. The molecule has 1 aromatic heterocycles. The summed E-state index contributed by atoms with van der Waals surface area (Å²) in [6.07, 6.45) is -2.66. The molecule has 174 valence electrons. The third-order valence-electron chi connectivity index (χ3n) is 5.15. The molecule has 0 saturated carbocycles. The Kier molecular flexibility index (Phi) is 6.47. The lowest BCUT2D eigenvalue weighted by Gasteiger charge is -2.12. The maximum Gasteiger partial charge on any atom is 0.348 e. The van der Waals surface area contributed by atoms with Crippen LogP contribution in [0.3, 0.4) is 0 Å². The van der Waals surface area contributed by atoms with E-state index in [2.05, 4.69) is 15.4 Å². The van der Waals surface area contributed by atoms with Crippen molar-refractivity contribution >= 4 is 23.2 Å². The molecule has 0 unspecified atom stereocenters. The van der Waals surface area contributed by atoms with Crippen molar-refractivity contribution in [1.82, 2.24) is 14.8 Å². The van der Waals surface area contributed by atoms with Crippen molar-refractivity contribution in [2.24, 2.45) is 0 Å². The van der Waals surface area contributed by atoms with Crippen LogP contribution in [0.25, 0.3) is 17.1 Å². The van der Waals surface area contributed by atoms with Gasteiger partial charge in [0, 0.05) is 22.9 Å². The van der Waals surface area contributed by atoms with E-state index in [-0.39, 0.29) is 22.6 Å². The summed E-state index contributed by atoms with van der Waals surface area (Å²) in [6.45, 7) is 1.85. The van der Waals surface area contributed by atoms with E-state index in [4.69, 9.17) is 16.3 Å². The number of aromatic amines is 1. The Hall–Kier alpha value is -3.98. The van der Waals surface area contributed by atoms with Gasteiger partial charge in [-0.25, -0.2) is 13.6 Å². The second-order valence-electron chi connectivity index (χ2n) is 7.39. The van der Waals surface area contributed by atoms with Gasteiger partial charge in [-0.3, -0.25) is 9.78 Å². The number of benzene rings is 3. The minimum absolute atomic E-state index is 0.152. The zero-order valence-corrected chi connectivity index (χ0v) is 18.9. The molecule has 10 heteroatoms. The molecule has 1 amide bonds. The number of aryl methyl sites for hydroxylation is 1. The van der Waals surface area contributed by atoms with Gasteiger partial charge in [0.25, 0.3) is 12.3 Å². The molecule has 0 bridgehead atoms. The van der Waals surface area contributed by atoms with Crippen molar-refractivity contribution in [2.45, 2.75) is 13.3 Å². The van der Waals surface area contributed by atoms with Crippen molar-refractivity contribution in [3.63, 3.8) is 0 Å². The minimum Gasteiger partial charge on any atom is -0.496 e. The Morgan fingerprint density at radius 2 is 1.91 bits per heavy atom. The van der Waals surface area contributed by atoms with Crippen LogP contribution in [0.5, 0.6) is 5.75 Å². The number of nitrogens with zero attached hydrogens (tertiary/aromatic N) is 2. The summed E-state index contributed by atoms with van der Waals surface area (Å²) in [4.78, 5) is 28.1. The number of ether oxygens (including phenoxy) is 1. The number of methoxy groups -OCH3 is 1. The number of nitrogens with one attached hydrogen (secondary N) is 2. The molecule has 7 nitrogen and oxygen atoms in total. The molecule has 2 N–H and O–H groups in total. The van der Waals surface area contributed by atoms with Gasteiger partial charge in [-0.1, -0.05) is 35.9 Å². The van der Waals surface area contributed by atoms with E-state index >= 15 is 0 Å². The third kappa shape index (κ3) is 4.55. The topological polar surface area (TPSA) is 89.0 Å². The fraction of sp³-hybridized carbons (Fsp3) is 0.125. The van der Waals surface area contributed by atoms with Gasteiger partial charge in [0.1, 0.15) is 5.75 Å². The van der Waals surface area contributed by atoms with E-state index in [1.807, 2.05) is 13.0 Å². The van der Waals surface area contributed by atoms with E-state index in [0.717, 1.165) is 10.2 Å². The highest BCUT2D eigenvalue weighted by Gasteiger charge is 2.18. The van der Waals surface area contributed by atoms with Crippen LogP contribution in [0, 0.1) is 6.92 Å². The normalized spacial score (nSPS) is 11.0. The van der Waals surface area contributed by atoms with Gasteiger partial charge in [0.2, 0.25) is 0 Å². The highest BCUT2D eigenvalue weighted by Crippen LogP contribution is 2.29. The van der Waals surface area contributed by atoms with Crippen molar-refractivity contribution in [3.8, 4) is 22.8 Å². The van der Waals surface area contributed by atoms with Gasteiger partial charge < -0.3 is 10.1 Å². The van der Waals surface area contributed by atoms with Crippen molar-refractivity contribution in [1.29, 1.82) is 0 Å². The molecule has 0 aliphatic carbocycles. The van der Waals surface area contributed by atoms with Crippen LogP contribution in [0.4, 0.5) is 14.5 Å². The largest absolute Gasteiger partial charge is 0.496 e. The molecular weight excluding hydrogens is 466 g/mol. The highest BCUT2D eigenvalue weighted by molar-refractivity contribution is 6.33. The lowest BCUT2D eigenvalue weighted by Crippen LogP contribution is -2.17. The number of carbonyl (C=O) groups excluding carboxylic acids is 1. The predicted octanol–water partition coefficient (Wildman–Crippen LogP) is 5.39. The SMILES string of the molecule is COc1cc(-n2nc(-c3c(C)cccc3Cl)[nH]c2=O)ccc1C(=O)Nc1cccc(C(F)F)c1. The summed E-state index contributed by atoms with van der Waals surface area (Å²) in [5, 5.41) is 7.38. The number of alkyl halides is 2. The molecule has 3 aromatic carbocycles. The first-order valence-electron chi connectivity index (χ1n) is 10.1. The van der Waals surface area contributed by atoms with E-state index < -0.39 is 18.0 Å². The van der Waals surface area contributed by atoms with Crippen LogP contribution < -0.4 is 15.7 Å². The molecule has 0 aliphatic rings. The highest BCUT2D eigenvalue weighted by atomic mass is 35.5. The number of anilines is 1. The Morgan fingerprint density at radius 3 is 2.62 bits per heavy atom. The van der Waals surface area contributed by atoms with Crippen LogP contribution in [-0.2, 0) is 0 Å². The number of hydrogen-bond donors (Lipinski definition) is 2. The molecule has 4 rings (SSSR count). The first-order chi connectivity index (χ1) is 16.3. The monoisotopic (exact) mass is 484 g/mol. The summed E-state index contributed by atoms with van der Waals surface area (Å²) >= 11 is 6.29. The fourth-order valence-electron chi connectivity index (χ4n) is 3.49. The summed E-state index contributed by atoms with van der Waals surface area (Å²) in [5.74, 6) is -0.0882. The molecule has 0 atom stereocenters. The number of hydrogen-bond acceptors (Lipinski definition) is 4. The van der Waals surface area contributed by atoms with E-state index in [9.17, 15) is 18.4 Å². The Balaban J connectivity index is 1.66. The van der Waals surface area contributed by atoms with Crippen LogP contribution in [0.15, 0.2) is 65.5 Å². The standard InChI is InChI=1S/C24H19ClF2N4O3/c1-13-5-3-8-18(25)20(13)22-29-24(33)31(30-22)16-9-10-17(19(12-16)34-2)23(32)28-15-7-4-6-14(11-15)21(26)27/h3-12,21H,1-2H3,(H,28,32)(H,29,30,33). The second kappa shape index (κ2) is 9.48. The van der Waals surface area contributed by atoms with Gasteiger partial charge in [-0.15, -0.1) is 5.10 Å². The maximum absolute atomic E-state index is 12.9. The molecule has 4 aromatic rings. The van der Waals surface area contributed by atoms with Crippen molar-refractivity contribution in [3.05, 3.63) is 92.9 Å². The van der Waals surface area contributed by atoms with E-state index in [1.54, 1.807) is 12.1 Å². The summed E-state index contributed by atoms with van der Waals surface area (Å²) in [6, 6.07) is 15.2.